The first kappa shape index (κ1) is 10.1. The Balaban J connectivity index is 2.75. The summed E-state index contributed by atoms with van der Waals surface area (Å²) in [6, 6.07) is 0. The van der Waals surface area contributed by atoms with Gasteiger partial charge in [-0.05, 0) is 5.92 Å². The summed E-state index contributed by atoms with van der Waals surface area (Å²) in [5.41, 5.74) is -0.687. The Morgan fingerprint density at radius 2 is 2.08 bits per heavy atom. The third-order valence-corrected chi connectivity index (χ3v) is 1.51. The van der Waals surface area contributed by atoms with Crippen molar-refractivity contribution in [1.29, 1.82) is 0 Å². The van der Waals surface area contributed by atoms with E-state index < -0.39 is 11.7 Å². The fourth-order valence-electron chi connectivity index (χ4n) is 0.984. The predicted molar refractivity (Wildman–Crippen MR) is 42.1 cm³/mol. The first-order valence-corrected chi connectivity index (χ1v) is 3.99. The van der Waals surface area contributed by atoms with E-state index in [0.29, 0.717) is 12.5 Å². The lowest BCUT2D eigenvalue weighted by Crippen LogP contribution is -2.06. The minimum atomic E-state index is -4.28. The normalized spacial score (nSPS) is 12.5. The van der Waals surface area contributed by atoms with Gasteiger partial charge in [0.15, 0.2) is 0 Å². The molecule has 1 heterocycles. The molecule has 0 aliphatic carbocycles. The Hall–Kier alpha value is -1.00. The lowest BCUT2D eigenvalue weighted by molar-refractivity contribution is -0.137. The smallest absolute Gasteiger partial charge is 0.272 e. The largest absolute Gasteiger partial charge is 0.419 e. The Bertz CT molecular complexity index is 275. The molecule has 1 aromatic rings. The molecule has 2 nitrogen and oxygen atoms in total. The molecule has 1 rings (SSSR count). The van der Waals surface area contributed by atoms with Crippen molar-refractivity contribution < 1.29 is 13.2 Å². The molecule has 13 heavy (non-hydrogen) atoms. The van der Waals surface area contributed by atoms with Crippen LogP contribution in [-0.2, 0) is 12.7 Å². The summed E-state index contributed by atoms with van der Waals surface area (Å²) in [5.74, 6) is 0.293. The fraction of sp³-hybridized carbons (Fsp3) is 0.625. The van der Waals surface area contributed by atoms with Crippen molar-refractivity contribution in [2.24, 2.45) is 5.92 Å². The summed E-state index contributed by atoms with van der Waals surface area (Å²) in [7, 11) is 0. The molecule has 0 N–H and O–H groups in total. The molecule has 0 aliphatic heterocycles. The molecule has 1 aromatic heterocycles. The highest BCUT2D eigenvalue weighted by molar-refractivity contribution is 5.08. The van der Waals surface area contributed by atoms with Crippen molar-refractivity contribution >= 4 is 0 Å². The van der Waals surface area contributed by atoms with Crippen LogP contribution in [-0.4, -0.2) is 9.78 Å². The van der Waals surface area contributed by atoms with Gasteiger partial charge in [-0.2, -0.15) is 18.3 Å². The molecule has 0 saturated carbocycles. The van der Waals surface area contributed by atoms with E-state index in [1.807, 2.05) is 13.8 Å². The summed E-state index contributed by atoms with van der Waals surface area (Å²) in [5, 5.41) is 3.62. The molecular weight excluding hydrogens is 181 g/mol. The van der Waals surface area contributed by atoms with Crippen LogP contribution in [0.25, 0.3) is 0 Å². The second-order valence-corrected chi connectivity index (χ2v) is 3.34. The molecule has 0 atom stereocenters. The van der Waals surface area contributed by atoms with Gasteiger partial charge in [-0.1, -0.05) is 13.8 Å². The lowest BCUT2D eigenvalue weighted by Gasteiger charge is -2.04. The van der Waals surface area contributed by atoms with Gasteiger partial charge in [0.2, 0.25) is 0 Å². The summed E-state index contributed by atoms with van der Waals surface area (Å²) in [6.45, 7) is 4.36. The van der Waals surface area contributed by atoms with Crippen LogP contribution in [0.1, 0.15) is 19.4 Å². The van der Waals surface area contributed by atoms with Gasteiger partial charge < -0.3 is 0 Å². The third kappa shape index (κ3) is 2.75. The van der Waals surface area contributed by atoms with Crippen LogP contribution >= 0.6 is 0 Å². The van der Waals surface area contributed by atoms with E-state index in [0.717, 1.165) is 12.4 Å². The molecule has 0 amide bonds. The molecule has 5 heteroatoms. The topological polar surface area (TPSA) is 17.8 Å². The van der Waals surface area contributed by atoms with E-state index in [9.17, 15) is 13.2 Å². The number of rotatable bonds is 2. The molecule has 74 valence electrons. The number of hydrogen-bond donors (Lipinski definition) is 0. The second-order valence-electron chi connectivity index (χ2n) is 3.34. The van der Waals surface area contributed by atoms with E-state index in [1.165, 1.54) is 4.68 Å². The van der Waals surface area contributed by atoms with Crippen LogP contribution < -0.4 is 0 Å². The maximum Gasteiger partial charge on any atom is 0.419 e. The van der Waals surface area contributed by atoms with Crippen molar-refractivity contribution in [3.8, 4) is 0 Å². The van der Waals surface area contributed by atoms with Crippen molar-refractivity contribution in [3.63, 3.8) is 0 Å². The van der Waals surface area contributed by atoms with Crippen molar-refractivity contribution in [2.75, 3.05) is 0 Å². The van der Waals surface area contributed by atoms with Crippen LogP contribution in [0.5, 0.6) is 0 Å². The van der Waals surface area contributed by atoms with Crippen LogP contribution in [0.3, 0.4) is 0 Å². The minimum Gasteiger partial charge on any atom is -0.272 e. The molecule has 0 aromatic carbocycles. The van der Waals surface area contributed by atoms with Crippen LogP contribution in [0.2, 0.25) is 0 Å². The average Bonchev–Trinajstić information content (AvgIpc) is 2.32. The standard InChI is InChI=1S/C8H11F3N2/c1-6(2)4-13-5-7(3-12-13)8(9,10)11/h3,5-6H,4H2,1-2H3. The van der Waals surface area contributed by atoms with Crippen LogP contribution in [0.4, 0.5) is 13.2 Å². The van der Waals surface area contributed by atoms with E-state index >= 15 is 0 Å². The highest BCUT2D eigenvalue weighted by Gasteiger charge is 2.32. The SMILES string of the molecule is CC(C)Cn1cc(C(F)(F)F)cn1. The fourth-order valence-corrected chi connectivity index (χ4v) is 0.984. The molecule has 0 fully saturated rings. The summed E-state index contributed by atoms with van der Waals surface area (Å²) >= 11 is 0. The quantitative estimate of drug-likeness (QED) is 0.704. The number of halogens is 3. The Labute approximate surface area is 74.4 Å². The second kappa shape index (κ2) is 3.40. The molecule has 0 unspecified atom stereocenters. The van der Waals surface area contributed by atoms with E-state index in [-0.39, 0.29) is 0 Å². The van der Waals surface area contributed by atoms with Gasteiger partial charge in [-0.3, -0.25) is 4.68 Å². The number of nitrogens with zero attached hydrogens (tertiary/aromatic N) is 2. The van der Waals surface area contributed by atoms with Gasteiger partial charge in [0, 0.05) is 12.7 Å². The van der Waals surface area contributed by atoms with Gasteiger partial charge in [0.1, 0.15) is 0 Å². The van der Waals surface area contributed by atoms with Gasteiger partial charge in [-0.25, -0.2) is 0 Å². The Morgan fingerprint density at radius 1 is 1.46 bits per heavy atom. The minimum absolute atomic E-state index is 0.293. The van der Waals surface area contributed by atoms with E-state index in [1.54, 1.807) is 0 Å². The Kier molecular flexibility index (Phi) is 2.63. The van der Waals surface area contributed by atoms with Crippen LogP contribution in [0.15, 0.2) is 12.4 Å². The predicted octanol–water partition coefficient (Wildman–Crippen LogP) is 2.56. The molecule has 0 saturated heterocycles. The highest BCUT2D eigenvalue weighted by Crippen LogP contribution is 2.28. The zero-order valence-corrected chi connectivity index (χ0v) is 7.47. The van der Waals surface area contributed by atoms with Crippen molar-refractivity contribution in [2.45, 2.75) is 26.6 Å². The monoisotopic (exact) mass is 192 g/mol. The lowest BCUT2D eigenvalue weighted by atomic mass is 10.2. The van der Waals surface area contributed by atoms with Crippen LogP contribution in [0, 0.1) is 5.92 Å². The van der Waals surface area contributed by atoms with Gasteiger partial charge in [0.25, 0.3) is 0 Å². The van der Waals surface area contributed by atoms with Crippen molar-refractivity contribution in [1.82, 2.24) is 9.78 Å². The molecule has 0 spiro atoms. The van der Waals surface area contributed by atoms with E-state index in [2.05, 4.69) is 5.10 Å². The van der Waals surface area contributed by atoms with Gasteiger partial charge in [0.05, 0.1) is 11.8 Å². The zero-order valence-electron chi connectivity index (χ0n) is 7.47. The molecular formula is C8H11F3N2. The summed E-state index contributed by atoms with van der Waals surface area (Å²) in [4.78, 5) is 0. The first-order chi connectivity index (χ1) is 5.89. The average molecular weight is 192 g/mol. The number of hydrogen-bond acceptors (Lipinski definition) is 1. The first-order valence-electron chi connectivity index (χ1n) is 3.99. The van der Waals surface area contributed by atoms with E-state index in [4.69, 9.17) is 0 Å². The molecule has 0 radical (unpaired) electrons. The summed E-state index contributed by atoms with van der Waals surface area (Å²) in [6.07, 6.45) is -2.41. The summed E-state index contributed by atoms with van der Waals surface area (Å²) < 4.78 is 37.6. The van der Waals surface area contributed by atoms with Gasteiger partial charge in [-0.15, -0.1) is 0 Å². The third-order valence-electron chi connectivity index (χ3n) is 1.51. The Morgan fingerprint density at radius 3 is 2.46 bits per heavy atom. The van der Waals surface area contributed by atoms with Crippen molar-refractivity contribution in [3.05, 3.63) is 18.0 Å². The zero-order chi connectivity index (χ0) is 10.1. The number of alkyl halides is 3. The highest BCUT2D eigenvalue weighted by atomic mass is 19.4. The number of aromatic nitrogens is 2. The molecule has 0 bridgehead atoms. The van der Waals surface area contributed by atoms with Gasteiger partial charge >= 0.3 is 6.18 Å². The maximum atomic E-state index is 12.1. The maximum absolute atomic E-state index is 12.1. The molecule has 0 aliphatic rings.